The van der Waals surface area contributed by atoms with Crippen LogP contribution in [0, 0.1) is 5.92 Å². The molecule has 2 nitrogen and oxygen atoms in total. The highest BCUT2D eigenvalue weighted by Crippen LogP contribution is 2.13. The van der Waals surface area contributed by atoms with Gasteiger partial charge in [0.25, 0.3) is 0 Å². The highest BCUT2D eigenvalue weighted by atomic mass is 16.3. The molecule has 0 aromatic carbocycles. The van der Waals surface area contributed by atoms with Crippen LogP contribution < -0.4 is 5.32 Å². The molecule has 0 rings (SSSR count). The Morgan fingerprint density at radius 3 is 2.17 bits per heavy atom. The molecule has 0 aliphatic rings. The predicted octanol–water partition coefficient (Wildman–Crippen LogP) is 1.78. The third-order valence-electron chi connectivity index (χ3n) is 2.75. The van der Waals surface area contributed by atoms with Crippen LogP contribution in [0.5, 0.6) is 0 Å². The third kappa shape index (κ3) is 4.07. The molecule has 0 heterocycles. The Morgan fingerprint density at radius 1 is 1.33 bits per heavy atom. The van der Waals surface area contributed by atoms with Gasteiger partial charge in [-0.15, -0.1) is 0 Å². The summed E-state index contributed by atoms with van der Waals surface area (Å²) in [5, 5.41) is 12.3. The smallest absolute Gasteiger partial charge is 0.0468 e. The molecule has 1 unspecified atom stereocenters. The molecule has 0 aromatic heterocycles. The van der Waals surface area contributed by atoms with Crippen molar-refractivity contribution in [2.45, 2.75) is 46.1 Å². The van der Waals surface area contributed by atoms with E-state index in [-0.39, 0.29) is 12.1 Å². The van der Waals surface area contributed by atoms with Crippen molar-refractivity contribution in [2.75, 3.05) is 13.2 Å². The molecule has 2 heteroatoms. The van der Waals surface area contributed by atoms with Gasteiger partial charge in [-0.3, -0.25) is 0 Å². The fourth-order valence-corrected chi connectivity index (χ4v) is 0.985. The molecule has 12 heavy (non-hydrogen) atoms. The minimum Gasteiger partial charge on any atom is -0.396 e. The Hall–Kier alpha value is -0.0800. The van der Waals surface area contributed by atoms with E-state index in [1.807, 2.05) is 0 Å². The Kier molecular flexibility index (Phi) is 5.51. The second kappa shape index (κ2) is 5.55. The van der Waals surface area contributed by atoms with Crippen LogP contribution in [0.2, 0.25) is 0 Å². The van der Waals surface area contributed by atoms with Crippen LogP contribution in [-0.2, 0) is 0 Å². The quantitative estimate of drug-likeness (QED) is 0.642. The van der Waals surface area contributed by atoms with Crippen molar-refractivity contribution in [2.24, 2.45) is 5.92 Å². The minimum atomic E-state index is 0.253. The van der Waals surface area contributed by atoms with E-state index >= 15 is 0 Å². The normalized spacial score (nSPS) is 14.8. The molecule has 0 saturated heterocycles. The zero-order valence-corrected chi connectivity index (χ0v) is 8.85. The first-order valence-electron chi connectivity index (χ1n) is 4.93. The van der Waals surface area contributed by atoms with Crippen LogP contribution in [0.1, 0.15) is 40.5 Å². The van der Waals surface area contributed by atoms with Gasteiger partial charge in [-0.1, -0.05) is 20.8 Å². The molecule has 0 radical (unpaired) electrons. The van der Waals surface area contributed by atoms with Crippen molar-refractivity contribution in [1.82, 2.24) is 5.32 Å². The van der Waals surface area contributed by atoms with Gasteiger partial charge in [-0.2, -0.15) is 0 Å². The summed E-state index contributed by atoms with van der Waals surface area (Å²) in [6.45, 7) is 9.86. The molecule has 74 valence electrons. The van der Waals surface area contributed by atoms with E-state index in [4.69, 9.17) is 5.11 Å². The zero-order valence-electron chi connectivity index (χ0n) is 8.85. The summed E-state index contributed by atoms with van der Waals surface area (Å²) in [4.78, 5) is 0. The van der Waals surface area contributed by atoms with Gasteiger partial charge >= 0.3 is 0 Å². The second-order valence-corrected chi connectivity index (χ2v) is 3.94. The largest absolute Gasteiger partial charge is 0.396 e. The van der Waals surface area contributed by atoms with Gasteiger partial charge in [-0.05, 0) is 25.7 Å². The second-order valence-electron chi connectivity index (χ2n) is 3.94. The zero-order chi connectivity index (χ0) is 9.61. The lowest BCUT2D eigenvalue weighted by atomic mass is 9.95. The fourth-order valence-electron chi connectivity index (χ4n) is 0.985. The van der Waals surface area contributed by atoms with Crippen molar-refractivity contribution in [3.05, 3.63) is 0 Å². The van der Waals surface area contributed by atoms with E-state index in [1.165, 1.54) is 0 Å². The van der Waals surface area contributed by atoms with Gasteiger partial charge in [0.1, 0.15) is 0 Å². The average Bonchev–Trinajstić information content (AvgIpc) is 2.13. The average molecular weight is 173 g/mol. The molecule has 0 saturated carbocycles. The number of nitrogens with one attached hydrogen (secondary N) is 1. The lowest BCUT2D eigenvalue weighted by Gasteiger charge is -2.29. The van der Waals surface area contributed by atoms with Crippen molar-refractivity contribution in [3.63, 3.8) is 0 Å². The van der Waals surface area contributed by atoms with E-state index in [9.17, 15) is 0 Å². The van der Waals surface area contributed by atoms with Crippen molar-refractivity contribution in [3.8, 4) is 0 Å². The van der Waals surface area contributed by atoms with Crippen LogP contribution in [0.4, 0.5) is 0 Å². The van der Waals surface area contributed by atoms with Crippen LogP contribution in [0.15, 0.2) is 0 Å². The molecule has 1 atom stereocenters. The number of aliphatic hydroxyl groups excluding tert-OH is 1. The molecule has 0 aliphatic heterocycles. The fraction of sp³-hybridized carbons (Fsp3) is 1.00. The van der Waals surface area contributed by atoms with Gasteiger partial charge in [0.05, 0.1) is 0 Å². The molecule has 0 aromatic rings. The molecular formula is C10H23NO. The molecule has 0 fully saturated rings. The van der Waals surface area contributed by atoms with Gasteiger partial charge < -0.3 is 10.4 Å². The standard InChI is InChI=1S/C10H23NO/c1-5-10(4,6-2)11-7-9(3)8-12/h9,11-12H,5-8H2,1-4H3. The van der Waals surface area contributed by atoms with Gasteiger partial charge in [0.2, 0.25) is 0 Å². The van der Waals surface area contributed by atoms with Gasteiger partial charge in [0, 0.05) is 18.7 Å². The number of hydrogen-bond donors (Lipinski definition) is 2. The Bertz CT molecular complexity index is 110. The summed E-state index contributed by atoms with van der Waals surface area (Å²) in [7, 11) is 0. The molecule has 0 aliphatic carbocycles. The molecule has 2 N–H and O–H groups in total. The van der Waals surface area contributed by atoms with E-state index in [1.54, 1.807) is 0 Å². The van der Waals surface area contributed by atoms with Crippen LogP contribution >= 0.6 is 0 Å². The van der Waals surface area contributed by atoms with Gasteiger partial charge in [-0.25, -0.2) is 0 Å². The predicted molar refractivity (Wildman–Crippen MR) is 53.2 cm³/mol. The highest BCUT2D eigenvalue weighted by molar-refractivity contribution is 4.80. The number of hydrogen-bond acceptors (Lipinski definition) is 2. The highest BCUT2D eigenvalue weighted by Gasteiger charge is 2.18. The maximum atomic E-state index is 8.84. The summed E-state index contributed by atoms with van der Waals surface area (Å²) in [6.07, 6.45) is 2.28. The lowest BCUT2D eigenvalue weighted by Crippen LogP contribution is -2.43. The summed E-state index contributed by atoms with van der Waals surface area (Å²) in [6, 6.07) is 0. The maximum Gasteiger partial charge on any atom is 0.0468 e. The summed E-state index contributed by atoms with van der Waals surface area (Å²) in [5.41, 5.74) is 0.253. The monoisotopic (exact) mass is 173 g/mol. The lowest BCUT2D eigenvalue weighted by molar-refractivity contribution is 0.215. The van der Waals surface area contributed by atoms with Gasteiger partial charge in [0.15, 0.2) is 0 Å². The Balaban J connectivity index is 3.72. The SMILES string of the molecule is CCC(C)(CC)NCC(C)CO. The Morgan fingerprint density at radius 2 is 1.83 bits per heavy atom. The summed E-state index contributed by atoms with van der Waals surface area (Å²) in [5.74, 6) is 0.363. The van der Waals surface area contributed by atoms with Crippen molar-refractivity contribution >= 4 is 0 Å². The molecule has 0 spiro atoms. The molecular weight excluding hydrogens is 150 g/mol. The summed E-state index contributed by atoms with van der Waals surface area (Å²) < 4.78 is 0. The number of aliphatic hydroxyl groups is 1. The van der Waals surface area contributed by atoms with E-state index in [2.05, 4.69) is 33.0 Å². The van der Waals surface area contributed by atoms with E-state index in [0.717, 1.165) is 19.4 Å². The molecule has 0 bridgehead atoms. The first-order valence-corrected chi connectivity index (χ1v) is 4.93. The van der Waals surface area contributed by atoms with Crippen molar-refractivity contribution in [1.29, 1.82) is 0 Å². The van der Waals surface area contributed by atoms with Crippen LogP contribution in [0.25, 0.3) is 0 Å². The van der Waals surface area contributed by atoms with Crippen molar-refractivity contribution < 1.29 is 5.11 Å². The maximum absolute atomic E-state index is 8.84. The number of rotatable bonds is 6. The van der Waals surface area contributed by atoms with Crippen LogP contribution in [-0.4, -0.2) is 23.8 Å². The molecule has 0 amide bonds. The summed E-state index contributed by atoms with van der Waals surface area (Å²) >= 11 is 0. The van der Waals surface area contributed by atoms with E-state index in [0.29, 0.717) is 5.92 Å². The Labute approximate surface area is 76.4 Å². The third-order valence-corrected chi connectivity index (χ3v) is 2.75. The van der Waals surface area contributed by atoms with E-state index < -0.39 is 0 Å². The van der Waals surface area contributed by atoms with Crippen LogP contribution in [0.3, 0.4) is 0 Å². The topological polar surface area (TPSA) is 32.3 Å². The first-order chi connectivity index (χ1) is 5.58. The first kappa shape index (κ1) is 11.9. The minimum absolute atomic E-state index is 0.253.